The Morgan fingerprint density at radius 3 is 2.25 bits per heavy atom. The molecule has 0 spiro atoms. The number of hydrogen-bond acceptors (Lipinski definition) is 5. The van der Waals surface area contributed by atoms with Gasteiger partial charge >= 0.3 is 0 Å². The number of aryl methyl sites for hydroxylation is 2. The third-order valence-corrected chi connectivity index (χ3v) is 7.30. The van der Waals surface area contributed by atoms with Crippen molar-refractivity contribution in [2.75, 3.05) is 11.4 Å². The van der Waals surface area contributed by atoms with Gasteiger partial charge in [0.15, 0.2) is 5.13 Å². The van der Waals surface area contributed by atoms with Gasteiger partial charge in [-0.3, -0.25) is 24.2 Å². The number of carbonyl (C=O) groups is 3. The van der Waals surface area contributed by atoms with Gasteiger partial charge in [-0.1, -0.05) is 53.8 Å². The number of aromatic nitrogens is 1. The first-order valence-corrected chi connectivity index (χ1v) is 11.5. The third-order valence-electron chi connectivity index (χ3n) is 6.28. The number of hydrogen-bond donors (Lipinski definition) is 0. The van der Waals surface area contributed by atoms with E-state index in [-0.39, 0.29) is 36.1 Å². The first-order valence-electron chi connectivity index (χ1n) is 10.7. The second-order valence-electron chi connectivity index (χ2n) is 8.35. The first-order chi connectivity index (χ1) is 15.5. The predicted molar refractivity (Wildman–Crippen MR) is 125 cm³/mol. The van der Waals surface area contributed by atoms with Crippen LogP contribution in [0.4, 0.5) is 10.8 Å². The minimum atomic E-state index is -0.351. The van der Waals surface area contributed by atoms with E-state index in [4.69, 9.17) is 4.98 Å². The number of amides is 3. The Morgan fingerprint density at radius 2 is 1.62 bits per heavy atom. The highest BCUT2D eigenvalue weighted by Crippen LogP contribution is 2.38. The zero-order valence-electron chi connectivity index (χ0n) is 17.9. The molecule has 7 heteroatoms. The highest BCUT2D eigenvalue weighted by molar-refractivity contribution is 7.22. The van der Waals surface area contributed by atoms with Gasteiger partial charge in [0.05, 0.1) is 27.7 Å². The Morgan fingerprint density at radius 1 is 1.00 bits per heavy atom. The summed E-state index contributed by atoms with van der Waals surface area (Å²) in [5.74, 6) is -1.53. The van der Waals surface area contributed by atoms with Crippen molar-refractivity contribution in [1.82, 2.24) is 9.88 Å². The molecule has 2 atom stereocenters. The topological polar surface area (TPSA) is 70.6 Å². The van der Waals surface area contributed by atoms with Gasteiger partial charge in [-0.25, -0.2) is 4.98 Å². The summed E-state index contributed by atoms with van der Waals surface area (Å²) in [5.41, 5.74) is 3.40. The molecule has 3 amide bonds. The molecule has 162 valence electrons. The summed E-state index contributed by atoms with van der Waals surface area (Å²) < 4.78 is 0.969. The van der Waals surface area contributed by atoms with Crippen molar-refractivity contribution in [3.05, 3.63) is 65.7 Å². The number of nitrogens with zero attached hydrogens (tertiary/aromatic N) is 3. The van der Waals surface area contributed by atoms with Crippen molar-refractivity contribution >= 4 is 50.1 Å². The Labute approximate surface area is 190 Å². The zero-order chi connectivity index (χ0) is 22.4. The van der Waals surface area contributed by atoms with E-state index in [0.717, 1.165) is 31.9 Å². The maximum absolute atomic E-state index is 13.7. The van der Waals surface area contributed by atoms with Gasteiger partial charge in [-0.2, -0.15) is 0 Å². The van der Waals surface area contributed by atoms with Crippen LogP contribution in [-0.2, 0) is 14.4 Å². The Balaban J connectivity index is 1.54. The van der Waals surface area contributed by atoms with E-state index < -0.39 is 0 Å². The summed E-state index contributed by atoms with van der Waals surface area (Å²) in [6.07, 6.45) is 5.00. The molecule has 32 heavy (non-hydrogen) atoms. The van der Waals surface area contributed by atoms with E-state index in [1.54, 1.807) is 4.90 Å². The minimum Gasteiger partial charge on any atom is -0.274 e. The maximum Gasteiger partial charge on any atom is 0.253 e. The molecule has 0 bridgehead atoms. The van der Waals surface area contributed by atoms with Crippen molar-refractivity contribution in [2.24, 2.45) is 11.8 Å². The average molecular weight is 446 g/mol. The molecule has 0 N–H and O–H groups in total. The second kappa shape index (κ2) is 7.98. The fraction of sp³-hybridized carbons (Fsp3) is 0.280. The summed E-state index contributed by atoms with van der Waals surface area (Å²) >= 11 is 1.42. The third kappa shape index (κ3) is 3.33. The van der Waals surface area contributed by atoms with Crippen LogP contribution >= 0.6 is 11.3 Å². The van der Waals surface area contributed by atoms with Crippen molar-refractivity contribution in [2.45, 2.75) is 26.7 Å². The number of thiazole rings is 1. The quantitative estimate of drug-likeness (QED) is 0.437. The van der Waals surface area contributed by atoms with Crippen LogP contribution < -0.4 is 4.90 Å². The summed E-state index contributed by atoms with van der Waals surface area (Å²) in [5, 5.41) is 0.534. The first kappa shape index (κ1) is 20.6. The highest BCUT2D eigenvalue weighted by Gasteiger charge is 2.48. The minimum absolute atomic E-state index is 0.247. The van der Waals surface area contributed by atoms with Gasteiger partial charge < -0.3 is 0 Å². The molecule has 5 rings (SSSR count). The van der Waals surface area contributed by atoms with Crippen molar-refractivity contribution in [3.63, 3.8) is 0 Å². The Kier molecular flexibility index (Phi) is 5.13. The lowest BCUT2D eigenvalue weighted by atomic mass is 9.85. The van der Waals surface area contributed by atoms with Gasteiger partial charge in [0.1, 0.15) is 6.54 Å². The molecular formula is C25H23N3O3S. The lowest BCUT2D eigenvalue weighted by Gasteiger charge is -2.26. The molecule has 1 aliphatic heterocycles. The summed E-state index contributed by atoms with van der Waals surface area (Å²) in [7, 11) is 0. The molecular weight excluding hydrogens is 422 g/mol. The molecule has 1 fully saturated rings. The lowest BCUT2D eigenvalue weighted by molar-refractivity contribution is -0.143. The molecule has 0 saturated carbocycles. The van der Waals surface area contributed by atoms with Gasteiger partial charge in [0, 0.05) is 0 Å². The molecule has 2 aromatic carbocycles. The molecule has 1 aromatic heterocycles. The van der Waals surface area contributed by atoms with E-state index >= 15 is 0 Å². The molecule has 6 nitrogen and oxygen atoms in total. The standard InChI is InChI=1S/C25H23N3O3S/c1-15-8-7-9-16(2)22(15)28(25-26-19-12-5-6-13-20(19)32-25)21(29)14-27-23(30)17-10-3-4-11-18(17)24(27)31/h3-9,12-13,17-18H,10-11,14H2,1-2H3/t17-,18-/m1/s1. The number of fused-ring (bicyclic) bond motifs is 2. The van der Waals surface area contributed by atoms with Gasteiger partial charge in [0.2, 0.25) is 11.8 Å². The Hall–Kier alpha value is -3.32. The van der Waals surface area contributed by atoms with E-state index in [0.29, 0.717) is 18.0 Å². The molecule has 0 unspecified atom stereocenters. The molecule has 0 radical (unpaired) electrons. The van der Waals surface area contributed by atoms with Crippen LogP contribution in [0.2, 0.25) is 0 Å². The van der Waals surface area contributed by atoms with Crippen molar-refractivity contribution < 1.29 is 14.4 Å². The number of imide groups is 1. The molecule has 2 heterocycles. The fourth-order valence-corrected chi connectivity index (χ4v) is 5.66. The highest BCUT2D eigenvalue weighted by atomic mass is 32.1. The van der Waals surface area contributed by atoms with Gasteiger partial charge in [-0.15, -0.1) is 0 Å². The zero-order valence-corrected chi connectivity index (χ0v) is 18.8. The van der Waals surface area contributed by atoms with Crippen LogP contribution in [0, 0.1) is 25.7 Å². The smallest absolute Gasteiger partial charge is 0.253 e. The summed E-state index contributed by atoms with van der Waals surface area (Å²) in [4.78, 5) is 47.0. The van der Waals surface area contributed by atoms with Crippen LogP contribution in [0.1, 0.15) is 24.0 Å². The predicted octanol–water partition coefficient (Wildman–Crippen LogP) is 4.53. The summed E-state index contributed by atoms with van der Waals surface area (Å²) in [6.45, 7) is 3.61. The SMILES string of the molecule is Cc1cccc(C)c1N(C(=O)CN1C(=O)[C@@H]2CC=CC[C@H]2C1=O)c1nc2ccccc2s1. The molecule has 1 saturated heterocycles. The number of benzene rings is 2. The largest absolute Gasteiger partial charge is 0.274 e. The van der Waals surface area contributed by atoms with E-state index in [1.807, 2.05) is 68.5 Å². The van der Waals surface area contributed by atoms with Crippen LogP contribution in [0.3, 0.4) is 0 Å². The van der Waals surface area contributed by atoms with E-state index in [9.17, 15) is 14.4 Å². The number of allylic oxidation sites excluding steroid dienone is 2. The fourth-order valence-electron chi connectivity index (χ4n) is 4.67. The molecule has 2 aliphatic rings. The number of para-hydroxylation sites is 2. The average Bonchev–Trinajstić information content (AvgIpc) is 3.31. The van der Waals surface area contributed by atoms with Gasteiger partial charge in [-0.05, 0) is 49.9 Å². The van der Waals surface area contributed by atoms with Crippen molar-refractivity contribution in [3.8, 4) is 0 Å². The lowest BCUT2D eigenvalue weighted by Crippen LogP contribution is -2.42. The number of anilines is 2. The van der Waals surface area contributed by atoms with E-state index in [1.165, 1.54) is 11.3 Å². The van der Waals surface area contributed by atoms with Crippen LogP contribution in [0.5, 0.6) is 0 Å². The van der Waals surface area contributed by atoms with Crippen LogP contribution in [-0.4, -0.2) is 34.2 Å². The van der Waals surface area contributed by atoms with Gasteiger partial charge in [0.25, 0.3) is 5.91 Å². The second-order valence-corrected chi connectivity index (χ2v) is 9.36. The summed E-state index contributed by atoms with van der Waals surface area (Å²) in [6, 6.07) is 13.6. The monoisotopic (exact) mass is 445 g/mol. The van der Waals surface area contributed by atoms with Crippen molar-refractivity contribution in [1.29, 1.82) is 0 Å². The van der Waals surface area contributed by atoms with Crippen LogP contribution in [0.15, 0.2) is 54.6 Å². The normalized spacial score (nSPS) is 20.1. The van der Waals surface area contributed by atoms with Crippen LogP contribution in [0.25, 0.3) is 10.2 Å². The van der Waals surface area contributed by atoms with E-state index in [2.05, 4.69) is 0 Å². The number of rotatable bonds is 4. The maximum atomic E-state index is 13.7. The Bertz CT molecular complexity index is 1200. The number of carbonyl (C=O) groups excluding carboxylic acids is 3. The number of likely N-dealkylation sites (tertiary alicyclic amines) is 1. The molecule has 3 aromatic rings. The molecule has 1 aliphatic carbocycles.